The minimum Gasteiger partial charge on any atom is -0.453 e. The van der Waals surface area contributed by atoms with Crippen molar-refractivity contribution in [3.63, 3.8) is 0 Å². The lowest BCUT2D eigenvalue weighted by Crippen LogP contribution is -2.48. The number of methoxy groups -OCH3 is 1. The maximum atomic E-state index is 12.5. The lowest BCUT2D eigenvalue weighted by molar-refractivity contribution is -0.123. The van der Waals surface area contributed by atoms with E-state index in [0.717, 1.165) is 13.0 Å². The normalized spacial score (nSPS) is 12.1. The topological polar surface area (TPSA) is 241 Å². The Bertz CT molecular complexity index is 1040. The molecule has 0 heterocycles. The van der Waals surface area contributed by atoms with E-state index in [9.17, 15) is 28.8 Å². The first-order valence-corrected chi connectivity index (χ1v) is 17.8. The molecule has 0 aromatic heterocycles. The molecule has 18 nitrogen and oxygen atoms in total. The minimum atomic E-state index is -0.726. The Morgan fingerprint density at radius 2 is 1.29 bits per heavy atom. The van der Waals surface area contributed by atoms with Crippen molar-refractivity contribution >= 4 is 48.8 Å². The molecule has 19 heteroatoms. The first kappa shape index (κ1) is 49.4. The fraction of sp³-hybridized carbons (Fsp3) is 0.812. The summed E-state index contributed by atoms with van der Waals surface area (Å²) in [5, 5.41) is 16.2. The standard InChI is InChI=1S/C22H42N4O7.C10H22N4O3S/c1-9-16(25-19(29)32-21(3,4)5)17(27)23-12-11-14-26(20(30)33-22(6,7)8)15-13-24-18(28)31-10-2;1-17-10(16)14-6-5-12-3-2-4-13-9(15)8(11)7-18/h16H,9-15H2,1-8H3,(H,23,27)(H,24,28)(H,25,29);8,12,18H,2-7,11H2,1H3,(H,13,15)(H,14,16)/t16-;8-/m00/s1. The number of hydrogen-bond acceptors (Lipinski definition) is 13. The predicted octanol–water partition coefficient (Wildman–Crippen LogP) is 1.47. The van der Waals surface area contributed by atoms with E-state index >= 15 is 0 Å². The molecule has 0 aliphatic rings. The molecule has 0 aliphatic carbocycles. The first-order chi connectivity index (χ1) is 23.8. The highest BCUT2D eigenvalue weighted by molar-refractivity contribution is 7.80. The first-order valence-electron chi connectivity index (χ1n) is 17.1. The van der Waals surface area contributed by atoms with Crippen molar-refractivity contribution in [3.05, 3.63) is 0 Å². The molecule has 0 unspecified atom stereocenters. The van der Waals surface area contributed by atoms with E-state index in [1.165, 1.54) is 12.0 Å². The molecule has 0 bridgehead atoms. The summed E-state index contributed by atoms with van der Waals surface area (Å²) in [7, 11) is 1.32. The molecule has 0 saturated carbocycles. The number of carbonyl (C=O) groups is 6. The molecule has 0 fully saturated rings. The summed E-state index contributed by atoms with van der Waals surface area (Å²) in [6.07, 6.45) is -0.528. The smallest absolute Gasteiger partial charge is 0.410 e. The van der Waals surface area contributed by atoms with Crippen LogP contribution in [0.1, 0.15) is 74.7 Å². The summed E-state index contributed by atoms with van der Waals surface area (Å²) in [6, 6.07) is -1.28. The Morgan fingerprint density at radius 1 is 0.706 bits per heavy atom. The van der Waals surface area contributed by atoms with Gasteiger partial charge >= 0.3 is 24.4 Å². The molecule has 298 valence electrons. The van der Waals surface area contributed by atoms with E-state index in [1.54, 1.807) is 55.4 Å². The number of alkyl carbamates (subject to hydrolysis) is 3. The van der Waals surface area contributed by atoms with Crippen molar-refractivity contribution in [2.45, 2.75) is 97.9 Å². The van der Waals surface area contributed by atoms with Crippen LogP contribution in [0.5, 0.6) is 0 Å². The Labute approximate surface area is 308 Å². The monoisotopic (exact) mass is 752 g/mol. The highest BCUT2D eigenvalue weighted by Crippen LogP contribution is 2.10. The number of carbonyl (C=O) groups excluding carboxylic acids is 6. The molecule has 0 rings (SSSR count). The average Bonchev–Trinajstić information content (AvgIpc) is 3.03. The quantitative estimate of drug-likeness (QED) is 0.0501. The van der Waals surface area contributed by atoms with Crippen molar-refractivity contribution in [2.75, 3.05) is 71.8 Å². The number of ether oxygens (including phenoxy) is 4. The van der Waals surface area contributed by atoms with Gasteiger partial charge in [-0.3, -0.25) is 9.59 Å². The Balaban J connectivity index is 0. The molecule has 0 aromatic rings. The van der Waals surface area contributed by atoms with Crippen LogP contribution in [0, 0.1) is 0 Å². The maximum absolute atomic E-state index is 12.5. The minimum absolute atomic E-state index is 0.183. The van der Waals surface area contributed by atoms with Crippen molar-refractivity contribution in [1.29, 1.82) is 0 Å². The SMILES string of the molecule is CCOC(=O)NCCN(CCCNC(=O)[C@H](CC)NC(=O)OC(C)(C)C)C(=O)OC(C)(C)C.COC(=O)NCCNCCCNC(=O)[C@@H](N)CS. The number of rotatable bonds is 20. The summed E-state index contributed by atoms with van der Waals surface area (Å²) in [5.74, 6) is -0.183. The lowest BCUT2D eigenvalue weighted by atomic mass is 10.2. The van der Waals surface area contributed by atoms with Gasteiger partial charge in [0.15, 0.2) is 0 Å². The second-order valence-corrected chi connectivity index (χ2v) is 13.3. The predicted molar refractivity (Wildman–Crippen MR) is 197 cm³/mol. The van der Waals surface area contributed by atoms with Gasteiger partial charge in [0.2, 0.25) is 11.8 Å². The van der Waals surface area contributed by atoms with Gasteiger partial charge in [0, 0.05) is 51.6 Å². The number of amides is 6. The highest BCUT2D eigenvalue weighted by atomic mass is 32.1. The molecule has 0 spiro atoms. The third-order valence-electron chi connectivity index (χ3n) is 6.02. The van der Waals surface area contributed by atoms with Gasteiger partial charge in [-0.25, -0.2) is 19.2 Å². The summed E-state index contributed by atoms with van der Waals surface area (Å²) in [6.45, 7) is 17.7. The average molecular weight is 753 g/mol. The van der Waals surface area contributed by atoms with Crippen LogP contribution in [-0.2, 0) is 28.5 Å². The van der Waals surface area contributed by atoms with Gasteiger partial charge in [0.1, 0.15) is 17.2 Å². The second kappa shape index (κ2) is 27.9. The summed E-state index contributed by atoms with van der Waals surface area (Å²) >= 11 is 3.94. The molecule has 0 aromatic carbocycles. The number of nitrogens with two attached hydrogens (primary N) is 1. The zero-order valence-corrected chi connectivity index (χ0v) is 32.8. The molecule has 2 atom stereocenters. The third-order valence-corrected chi connectivity index (χ3v) is 6.41. The lowest BCUT2D eigenvalue weighted by Gasteiger charge is -2.27. The van der Waals surface area contributed by atoms with E-state index in [-0.39, 0.29) is 38.1 Å². The van der Waals surface area contributed by atoms with Gasteiger partial charge < -0.3 is 61.5 Å². The zero-order valence-electron chi connectivity index (χ0n) is 31.9. The molecule has 8 N–H and O–H groups in total. The third kappa shape index (κ3) is 29.7. The van der Waals surface area contributed by atoms with Gasteiger partial charge in [-0.1, -0.05) is 6.92 Å². The van der Waals surface area contributed by atoms with Crippen LogP contribution in [0.3, 0.4) is 0 Å². The zero-order chi connectivity index (χ0) is 39.5. The number of nitrogens with zero attached hydrogens (tertiary/aromatic N) is 1. The van der Waals surface area contributed by atoms with E-state index < -0.39 is 47.7 Å². The number of hydrogen-bond donors (Lipinski definition) is 8. The van der Waals surface area contributed by atoms with Gasteiger partial charge in [0.25, 0.3) is 0 Å². The summed E-state index contributed by atoms with van der Waals surface area (Å²) < 4.78 is 19.8. The Kier molecular flexibility index (Phi) is 27.1. The van der Waals surface area contributed by atoms with Crippen LogP contribution in [0.2, 0.25) is 0 Å². The molecule has 0 saturated heterocycles. The largest absolute Gasteiger partial charge is 0.453 e. The van der Waals surface area contributed by atoms with Gasteiger partial charge in [-0.05, 0) is 74.3 Å². The summed E-state index contributed by atoms with van der Waals surface area (Å²) in [4.78, 5) is 71.7. The fourth-order valence-corrected chi connectivity index (χ4v) is 3.76. The van der Waals surface area contributed by atoms with Crippen molar-refractivity contribution in [2.24, 2.45) is 5.73 Å². The molecular formula is C32H64N8O10S. The van der Waals surface area contributed by atoms with Crippen LogP contribution in [-0.4, -0.2) is 136 Å². The Morgan fingerprint density at radius 3 is 1.84 bits per heavy atom. The number of nitrogens with one attached hydrogen (secondary N) is 6. The molecule has 0 radical (unpaired) electrons. The maximum Gasteiger partial charge on any atom is 0.410 e. The van der Waals surface area contributed by atoms with Crippen LogP contribution in [0.25, 0.3) is 0 Å². The van der Waals surface area contributed by atoms with Crippen molar-refractivity contribution in [3.8, 4) is 0 Å². The molecule has 0 aliphatic heterocycles. The van der Waals surface area contributed by atoms with Gasteiger partial charge in [-0.2, -0.15) is 12.6 Å². The molecule has 6 amide bonds. The van der Waals surface area contributed by atoms with Crippen LogP contribution in [0.4, 0.5) is 19.2 Å². The van der Waals surface area contributed by atoms with E-state index in [0.29, 0.717) is 44.8 Å². The van der Waals surface area contributed by atoms with E-state index in [1.807, 2.05) is 0 Å². The summed E-state index contributed by atoms with van der Waals surface area (Å²) in [5.41, 5.74) is 4.15. The Hall–Kier alpha value is -3.71. The second-order valence-electron chi connectivity index (χ2n) is 13.0. The van der Waals surface area contributed by atoms with Crippen LogP contribution < -0.4 is 37.6 Å². The van der Waals surface area contributed by atoms with Crippen molar-refractivity contribution in [1.82, 2.24) is 36.8 Å². The highest BCUT2D eigenvalue weighted by Gasteiger charge is 2.24. The van der Waals surface area contributed by atoms with E-state index in [2.05, 4.69) is 49.3 Å². The van der Waals surface area contributed by atoms with Crippen LogP contribution >= 0.6 is 12.6 Å². The number of thiol groups is 1. The van der Waals surface area contributed by atoms with Gasteiger partial charge in [0.05, 0.1) is 19.8 Å². The van der Waals surface area contributed by atoms with Crippen LogP contribution in [0.15, 0.2) is 0 Å². The van der Waals surface area contributed by atoms with Gasteiger partial charge in [-0.15, -0.1) is 0 Å². The van der Waals surface area contributed by atoms with Crippen molar-refractivity contribution < 1.29 is 47.7 Å². The molecule has 51 heavy (non-hydrogen) atoms. The van der Waals surface area contributed by atoms with E-state index in [4.69, 9.17) is 19.9 Å². The molecular weight excluding hydrogens is 688 g/mol. The fourth-order valence-electron chi connectivity index (χ4n) is 3.59.